The molecule has 2 rings (SSSR count). The summed E-state index contributed by atoms with van der Waals surface area (Å²) >= 11 is 6.73. The van der Waals surface area contributed by atoms with Gasteiger partial charge in [-0.05, 0) is 58.4 Å². The molecule has 0 heterocycles. The van der Waals surface area contributed by atoms with Gasteiger partial charge in [0.1, 0.15) is 5.75 Å². The summed E-state index contributed by atoms with van der Waals surface area (Å²) in [5.41, 5.74) is 6.91. The fourth-order valence-electron chi connectivity index (χ4n) is 1.49. The second-order valence-corrected chi connectivity index (χ2v) is 5.80. The molecule has 1 amide bonds. The number of hydrogen-bond donors (Lipinski definition) is 2. The molecule has 0 aliphatic rings. The highest BCUT2D eigenvalue weighted by Crippen LogP contribution is 2.26. The maximum atomic E-state index is 11.8. The first-order valence-corrected chi connectivity index (χ1v) is 7.36. The molecule has 0 aliphatic heterocycles. The van der Waals surface area contributed by atoms with E-state index in [0.29, 0.717) is 17.1 Å². The van der Waals surface area contributed by atoms with E-state index >= 15 is 0 Å². The number of hydrogen-bond acceptors (Lipinski definition) is 3. The van der Waals surface area contributed by atoms with E-state index in [0.717, 1.165) is 8.95 Å². The molecular formula is C14H12Br2N2O2. The molecule has 2 aromatic carbocycles. The number of anilines is 2. The molecule has 6 heteroatoms. The van der Waals surface area contributed by atoms with Crippen LogP contribution in [0.2, 0.25) is 0 Å². The van der Waals surface area contributed by atoms with Crippen LogP contribution in [0.4, 0.5) is 11.4 Å². The molecule has 0 aromatic heterocycles. The lowest BCUT2D eigenvalue weighted by Crippen LogP contribution is -2.20. The molecule has 0 aliphatic carbocycles. The predicted octanol–water partition coefficient (Wildman–Crippen LogP) is 3.81. The minimum Gasteiger partial charge on any atom is -0.484 e. The molecule has 0 spiro atoms. The van der Waals surface area contributed by atoms with Gasteiger partial charge in [0.05, 0.1) is 5.69 Å². The fourth-order valence-corrected chi connectivity index (χ4v) is 2.20. The number of nitrogen functional groups attached to an aromatic ring is 1. The summed E-state index contributed by atoms with van der Waals surface area (Å²) < 4.78 is 7.06. The Morgan fingerprint density at radius 1 is 1.15 bits per heavy atom. The summed E-state index contributed by atoms with van der Waals surface area (Å²) in [6.45, 7) is -0.0666. The highest BCUT2D eigenvalue weighted by Gasteiger charge is 2.07. The van der Waals surface area contributed by atoms with Crippen molar-refractivity contribution in [2.75, 3.05) is 17.7 Å². The minimum atomic E-state index is -0.236. The van der Waals surface area contributed by atoms with Crippen LogP contribution < -0.4 is 15.8 Å². The Morgan fingerprint density at radius 3 is 2.55 bits per heavy atom. The van der Waals surface area contributed by atoms with Gasteiger partial charge in [-0.15, -0.1) is 0 Å². The van der Waals surface area contributed by atoms with Gasteiger partial charge in [0.15, 0.2) is 6.61 Å². The Kier molecular flexibility index (Phi) is 5.03. The van der Waals surface area contributed by atoms with E-state index in [9.17, 15) is 4.79 Å². The summed E-state index contributed by atoms with van der Waals surface area (Å²) in [5, 5.41) is 2.77. The van der Waals surface area contributed by atoms with E-state index in [-0.39, 0.29) is 12.5 Å². The molecule has 0 unspecified atom stereocenters. The van der Waals surface area contributed by atoms with Gasteiger partial charge in [0.2, 0.25) is 0 Å². The molecular weight excluding hydrogens is 388 g/mol. The Balaban J connectivity index is 1.92. The number of amides is 1. The summed E-state index contributed by atoms with van der Waals surface area (Å²) in [6.07, 6.45) is 0. The zero-order chi connectivity index (χ0) is 14.5. The smallest absolute Gasteiger partial charge is 0.262 e. The second-order valence-electron chi connectivity index (χ2n) is 4.03. The molecule has 20 heavy (non-hydrogen) atoms. The number of ether oxygens (including phenoxy) is 1. The lowest BCUT2D eigenvalue weighted by atomic mass is 10.3. The van der Waals surface area contributed by atoms with Crippen molar-refractivity contribution in [3.63, 3.8) is 0 Å². The largest absolute Gasteiger partial charge is 0.484 e. The molecule has 4 nitrogen and oxygen atoms in total. The summed E-state index contributed by atoms with van der Waals surface area (Å²) in [7, 11) is 0. The molecule has 2 aromatic rings. The normalized spacial score (nSPS) is 10.1. The van der Waals surface area contributed by atoms with E-state index < -0.39 is 0 Å². The van der Waals surface area contributed by atoms with Crippen LogP contribution in [0.15, 0.2) is 51.4 Å². The maximum absolute atomic E-state index is 11.8. The number of halogens is 2. The first kappa shape index (κ1) is 14.9. The van der Waals surface area contributed by atoms with Gasteiger partial charge < -0.3 is 15.8 Å². The van der Waals surface area contributed by atoms with Gasteiger partial charge in [-0.3, -0.25) is 4.79 Å². The third kappa shape index (κ3) is 4.25. The Morgan fingerprint density at radius 2 is 1.85 bits per heavy atom. The average molecular weight is 400 g/mol. The lowest BCUT2D eigenvalue weighted by molar-refractivity contribution is -0.118. The molecule has 0 fully saturated rings. The number of rotatable bonds is 4. The van der Waals surface area contributed by atoms with E-state index in [2.05, 4.69) is 37.2 Å². The van der Waals surface area contributed by atoms with Crippen molar-refractivity contribution in [1.82, 2.24) is 0 Å². The Bertz CT molecular complexity index is 615. The Hall–Kier alpha value is -1.53. The molecule has 0 saturated heterocycles. The number of benzene rings is 2. The Labute approximate surface area is 133 Å². The first-order chi connectivity index (χ1) is 9.54. The third-order valence-electron chi connectivity index (χ3n) is 2.45. The molecule has 0 atom stereocenters. The van der Waals surface area contributed by atoms with Crippen molar-refractivity contribution in [3.05, 3.63) is 51.4 Å². The maximum Gasteiger partial charge on any atom is 0.262 e. The van der Waals surface area contributed by atoms with Gasteiger partial charge in [0.25, 0.3) is 5.91 Å². The lowest BCUT2D eigenvalue weighted by Gasteiger charge is -2.09. The number of nitrogens with two attached hydrogens (primary N) is 1. The van der Waals surface area contributed by atoms with Crippen LogP contribution in [-0.2, 0) is 4.79 Å². The van der Waals surface area contributed by atoms with Crippen LogP contribution in [0.1, 0.15) is 0 Å². The molecule has 0 saturated carbocycles. The minimum absolute atomic E-state index is 0.0666. The van der Waals surface area contributed by atoms with Crippen molar-refractivity contribution in [3.8, 4) is 5.75 Å². The van der Waals surface area contributed by atoms with Crippen molar-refractivity contribution in [2.24, 2.45) is 0 Å². The number of carbonyl (C=O) groups is 1. The molecule has 3 N–H and O–H groups in total. The van der Waals surface area contributed by atoms with Crippen LogP contribution >= 0.6 is 31.9 Å². The number of carbonyl (C=O) groups excluding carboxylic acids is 1. The highest BCUT2D eigenvalue weighted by atomic mass is 79.9. The van der Waals surface area contributed by atoms with E-state index in [1.165, 1.54) is 0 Å². The number of nitrogens with one attached hydrogen (secondary N) is 1. The summed E-state index contributed by atoms with van der Waals surface area (Å²) in [4.78, 5) is 11.8. The second kappa shape index (κ2) is 6.76. The first-order valence-electron chi connectivity index (χ1n) is 5.78. The summed E-state index contributed by atoms with van der Waals surface area (Å²) in [6, 6.07) is 12.4. The van der Waals surface area contributed by atoms with E-state index in [1.807, 2.05) is 18.2 Å². The molecule has 104 valence electrons. The van der Waals surface area contributed by atoms with Crippen LogP contribution in [0, 0.1) is 0 Å². The van der Waals surface area contributed by atoms with Gasteiger partial charge in [-0.2, -0.15) is 0 Å². The zero-order valence-electron chi connectivity index (χ0n) is 10.4. The third-order valence-corrected chi connectivity index (χ3v) is 3.64. The standard InChI is InChI=1S/C14H12Br2N2O2/c15-9-1-6-12(16)13(7-9)18-14(19)8-20-11-4-2-10(17)3-5-11/h1-7H,8,17H2,(H,18,19). The van der Waals surface area contributed by atoms with Crippen LogP contribution in [0.3, 0.4) is 0 Å². The average Bonchev–Trinajstić information content (AvgIpc) is 2.42. The van der Waals surface area contributed by atoms with Gasteiger partial charge in [0, 0.05) is 14.6 Å². The van der Waals surface area contributed by atoms with Gasteiger partial charge in [-0.1, -0.05) is 15.9 Å². The van der Waals surface area contributed by atoms with Crippen molar-refractivity contribution < 1.29 is 9.53 Å². The topological polar surface area (TPSA) is 64.3 Å². The quantitative estimate of drug-likeness (QED) is 0.768. The fraction of sp³-hybridized carbons (Fsp3) is 0.0714. The van der Waals surface area contributed by atoms with E-state index in [1.54, 1.807) is 24.3 Å². The summed E-state index contributed by atoms with van der Waals surface area (Å²) in [5.74, 6) is 0.364. The van der Waals surface area contributed by atoms with Crippen molar-refractivity contribution in [2.45, 2.75) is 0 Å². The molecule has 0 bridgehead atoms. The molecule has 0 radical (unpaired) electrons. The highest BCUT2D eigenvalue weighted by molar-refractivity contribution is 9.11. The van der Waals surface area contributed by atoms with Crippen LogP contribution in [-0.4, -0.2) is 12.5 Å². The van der Waals surface area contributed by atoms with Crippen molar-refractivity contribution in [1.29, 1.82) is 0 Å². The van der Waals surface area contributed by atoms with Crippen molar-refractivity contribution >= 4 is 49.1 Å². The predicted molar refractivity (Wildman–Crippen MR) is 86.8 cm³/mol. The SMILES string of the molecule is Nc1ccc(OCC(=O)Nc2cc(Br)ccc2Br)cc1. The van der Waals surface area contributed by atoms with Gasteiger partial charge in [-0.25, -0.2) is 0 Å². The van der Waals surface area contributed by atoms with Crippen LogP contribution in [0.25, 0.3) is 0 Å². The zero-order valence-corrected chi connectivity index (χ0v) is 13.6. The van der Waals surface area contributed by atoms with Crippen LogP contribution in [0.5, 0.6) is 5.75 Å². The van der Waals surface area contributed by atoms with E-state index in [4.69, 9.17) is 10.5 Å². The monoisotopic (exact) mass is 398 g/mol. The van der Waals surface area contributed by atoms with Gasteiger partial charge >= 0.3 is 0 Å².